The summed E-state index contributed by atoms with van der Waals surface area (Å²) in [5.74, 6) is 1.89. The van der Waals surface area contributed by atoms with Gasteiger partial charge in [0, 0.05) is 31.8 Å². The summed E-state index contributed by atoms with van der Waals surface area (Å²) in [4.78, 5) is 16.5. The highest BCUT2D eigenvalue weighted by atomic mass is 16.1. The highest BCUT2D eigenvalue weighted by molar-refractivity contribution is 5.90. The highest BCUT2D eigenvalue weighted by Gasteiger charge is 2.17. The summed E-state index contributed by atoms with van der Waals surface area (Å²) < 4.78 is 3.91. The fraction of sp³-hybridized carbons (Fsp3) is 0.500. The second-order valence-electron chi connectivity index (χ2n) is 5.26. The van der Waals surface area contributed by atoms with E-state index in [0.717, 1.165) is 31.0 Å². The van der Waals surface area contributed by atoms with Crippen molar-refractivity contribution in [2.75, 3.05) is 5.32 Å². The van der Waals surface area contributed by atoms with E-state index >= 15 is 0 Å². The molecule has 0 spiro atoms. The molecular formula is C14H19N5O. The second-order valence-corrected chi connectivity index (χ2v) is 5.26. The van der Waals surface area contributed by atoms with Crippen LogP contribution in [-0.4, -0.2) is 25.2 Å². The van der Waals surface area contributed by atoms with Crippen molar-refractivity contribution < 1.29 is 4.79 Å². The number of aryl methyl sites for hydroxylation is 1. The van der Waals surface area contributed by atoms with Crippen molar-refractivity contribution in [2.45, 2.75) is 45.2 Å². The van der Waals surface area contributed by atoms with Crippen LogP contribution in [0, 0.1) is 0 Å². The van der Waals surface area contributed by atoms with Crippen LogP contribution >= 0.6 is 0 Å². The molecule has 0 saturated carbocycles. The predicted octanol–water partition coefficient (Wildman–Crippen LogP) is 2.01. The number of amides is 1. The number of carbonyl (C=O) groups is 1. The molecule has 1 aliphatic heterocycles. The topological polar surface area (TPSA) is 64.7 Å². The number of nitrogens with one attached hydrogen (secondary N) is 1. The molecule has 0 aromatic carbocycles. The molecule has 1 aliphatic rings. The first kappa shape index (κ1) is 12.9. The number of hydrogen-bond donors (Lipinski definition) is 1. The summed E-state index contributed by atoms with van der Waals surface area (Å²) in [6.45, 7) is 2.93. The van der Waals surface area contributed by atoms with Gasteiger partial charge in [0.05, 0.1) is 12.2 Å². The normalized spacial score (nSPS) is 15.7. The lowest BCUT2D eigenvalue weighted by atomic mass is 10.2. The summed E-state index contributed by atoms with van der Waals surface area (Å²) in [7, 11) is 0. The standard InChI is InChI=1S/C14H19N5O/c1-11(19-8-4-6-16-19)9-14(20)17-13-10-15-12-5-2-3-7-18(12)13/h4,6,8,10-11H,2-3,5,7,9H2,1H3,(H,17,20)/t11-/m1/s1. The Morgan fingerprint density at radius 3 is 3.20 bits per heavy atom. The van der Waals surface area contributed by atoms with Crippen molar-refractivity contribution in [3.8, 4) is 0 Å². The van der Waals surface area contributed by atoms with Gasteiger partial charge >= 0.3 is 0 Å². The summed E-state index contributed by atoms with van der Waals surface area (Å²) in [5, 5.41) is 7.12. The van der Waals surface area contributed by atoms with E-state index < -0.39 is 0 Å². The van der Waals surface area contributed by atoms with E-state index in [1.807, 2.05) is 19.2 Å². The molecule has 0 bridgehead atoms. The molecule has 0 saturated heterocycles. The Morgan fingerprint density at radius 1 is 1.50 bits per heavy atom. The molecule has 3 rings (SSSR count). The monoisotopic (exact) mass is 273 g/mol. The Labute approximate surface area is 117 Å². The lowest BCUT2D eigenvalue weighted by molar-refractivity contribution is -0.116. The van der Waals surface area contributed by atoms with E-state index in [4.69, 9.17) is 0 Å². The maximum atomic E-state index is 12.1. The Kier molecular flexibility index (Phi) is 3.54. The number of anilines is 1. The molecule has 106 valence electrons. The molecule has 20 heavy (non-hydrogen) atoms. The molecule has 0 fully saturated rings. The molecule has 6 heteroatoms. The van der Waals surface area contributed by atoms with Crippen molar-refractivity contribution in [1.29, 1.82) is 0 Å². The van der Waals surface area contributed by atoms with Crippen LogP contribution in [0.1, 0.15) is 38.1 Å². The first-order chi connectivity index (χ1) is 9.74. The van der Waals surface area contributed by atoms with Crippen LogP contribution in [0.15, 0.2) is 24.7 Å². The van der Waals surface area contributed by atoms with E-state index in [1.165, 1.54) is 6.42 Å². The van der Waals surface area contributed by atoms with Crippen LogP contribution in [0.4, 0.5) is 5.82 Å². The minimum atomic E-state index is 0.00118. The predicted molar refractivity (Wildman–Crippen MR) is 75.3 cm³/mol. The van der Waals surface area contributed by atoms with Crippen molar-refractivity contribution in [3.63, 3.8) is 0 Å². The Balaban J connectivity index is 1.63. The summed E-state index contributed by atoms with van der Waals surface area (Å²) in [6, 6.07) is 1.91. The molecule has 3 heterocycles. The van der Waals surface area contributed by atoms with Crippen LogP contribution in [0.25, 0.3) is 0 Å². The third-order valence-electron chi connectivity index (χ3n) is 3.70. The van der Waals surface area contributed by atoms with Crippen molar-refractivity contribution >= 4 is 11.7 Å². The zero-order valence-electron chi connectivity index (χ0n) is 11.6. The number of hydrogen-bond acceptors (Lipinski definition) is 3. The van der Waals surface area contributed by atoms with Gasteiger partial charge in [-0.1, -0.05) is 0 Å². The van der Waals surface area contributed by atoms with Gasteiger partial charge in [-0.15, -0.1) is 0 Å². The van der Waals surface area contributed by atoms with Crippen LogP contribution in [0.5, 0.6) is 0 Å². The van der Waals surface area contributed by atoms with E-state index in [0.29, 0.717) is 6.42 Å². The molecule has 1 amide bonds. The van der Waals surface area contributed by atoms with Gasteiger partial charge in [0.25, 0.3) is 0 Å². The van der Waals surface area contributed by atoms with Gasteiger partial charge in [-0.25, -0.2) is 4.98 Å². The lowest BCUT2D eigenvalue weighted by Crippen LogP contribution is -2.21. The maximum absolute atomic E-state index is 12.1. The molecule has 1 N–H and O–H groups in total. The fourth-order valence-electron chi connectivity index (χ4n) is 2.61. The first-order valence-corrected chi connectivity index (χ1v) is 7.07. The van der Waals surface area contributed by atoms with Crippen molar-refractivity contribution in [3.05, 3.63) is 30.5 Å². The molecule has 0 radical (unpaired) electrons. The number of fused-ring (bicyclic) bond motifs is 1. The van der Waals surface area contributed by atoms with Gasteiger partial charge in [0.1, 0.15) is 11.6 Å². The molecule has 1 atom stereocenters. The minimum absolute atomic E-state index is 0.00118. The van der Waals surface area contributed by atoms with Gasteiger partial charge in [-0.3, -0.25) is 9.48 Å². The van der Waals surface area contributed by atoms with Gasteiger partial charge < -0.3 is 9.88 Å². The number of carbonyl (C=O) groups excluding carboxylic acids is 1. The number of nitrogens with zero attached hydrogens (tertiary/aromatic N) is 4. The highest BCUT2D eigenvalue weighted by Crippen LogP contribution is 2.20. The van der Waals surface area contributed by atoms with E-state index in [-0.39, 0.29) is 11.9 Å². The molecule has 2 aromatic heterocycles. The third-order valence-corrected chi connectivity index (χ3v) is 3.70. The molecule has 2 aromatic rings. The van der Waals surface area contributed by atoms with Gasteiger partial charge in [-0.05, 0) is 25.8 Å². The summed E-state index contributed by atoms with van der Waals surface area (Å²) >= 11 is 0. The molecular weight excluding hydrogens is 254 g/mol. The Bertz CT molecular complexity index is 587. The van der Waals surface area contributed by atoms with E-state index in [9.17, 15) is 4.79 Å². The van der Waals surface area contributed by atoms with Crippen LogP contribution in [0.2, 0.25) is 0 Å². The number of aromatic nitrogens is 4. The van der Waals surface area contributed by atoms with Gasteiger partial charge in [-0.2, -0.15) is 5.10 Å². The minimum Gasteiger partial charge on any atom is -0.315 e. The average Bonchev–Trinajstić information content (AvgIpc) is 3.09. The molecule has 0 aliphatic carbocycles. The largest absolute Gasteiger partial charge is 0.315 e. The summed E-state index contributed by atoms with van der Waals surface area (Å²) in [6.07, 6.45) is 9.09. The average molecular weight is 273 g/mol. The fourth-order valence-corrected chi connectivity index (χ4v) is 2.61. The van der Waals surface area contributed by atoms with Gasteiger partial charge in [0.2, 0.25) is 5.91 Å². The van der Waals surface area contributed by atoms with Crippen LogP contribution < -0.4 is 5.32 Å². The molecule has 0 unspecified atom stereocenters. The van der Waals surface area contributed by atoms with Crippen molar-refractivity contribution in [1.82, 2.24) is 19.3 Å². The molecule has 6 nitrogen and oxygen atoms in total. The van der Waals surface area contributed by atoms with Crippen LogP contribution in [-0.2, 0) is 17.8 Å². The third kappa shape index (κ3) is 2.59. The lowest BCUT2D eigenvalue weighted by Gasteiger charge is -2.17. The second kappa shape index (κ2) is 5.48. The zero-order valence-corrected chi connectivity index (χ0v) is 11.6. The Hall–Kier alpha value is -2.11. The summed E-state index contributed by atoms with van der Waals surface area (Å²) in [5.41, 5.74) is 0. The van der Waals surface area contributed by atoms with Crippen molar-refractivity contribution in [2.24, 2.45) is 0 Å². The number of imidazole rings is 1. The van der Waals surface area contributed by atoms with E-state index in [1.54, 1.807) is 17.1 Å². The zero-order chi connectivity index (χ0) is 13.9. The smallest absolute Gasteiger partial charge is 0.227 e. The Morgan fingerprint density at radius 2 is 2.40 bits per heavy atom. The first-order valence-electron chi connectivity index (χ1n) is 7.07. The maximum Gasteiger partial charge on any atom is 0.227 e. The van der Waals surface area contributed by atoms with E-state index in [2.05, 4.69) is 20.0 Å². The quantitative estimate of drug-likeness (QED) is 0.926. The SMILES string of the molecule is C[C@H](CC(=O)Nc1cnc2n1CCCC2)n1cccn1. The number of rotatable bonds is 4. The van der Waals surface area contributed by atoms with Crippen LogP contribution in [0.3, 0.4) is 0 Å². The van der Waals surface area contributed by atoms with Gasteiger partial charge in [0.15, 0.2) is 0 Å².